The molecule has 0 radical (unpaired) electrons. The van der Waals surface area contributed by atoms with Gasteiger partial charge in [0.15, 0.2) is 0 Å². The Balaban J connectivity index is 1.84. The number of aromatic nitrogens is 2. The molecule has 1 aliphatic carbocycles. The topological polar surface area (TPSA) is 40.7 Å². The second-order valence-corrected chi connectivity index (χ2v) is 7.04. The number of fused-ring (bicyclic) bond motifs is 1. The lowest BCUT2D eigenvalue weighted by Gasteiger charge is -2.36. The van der Waals surface area contributed by atoms with Crippen molar-refractivity contribution in [2.24, 2.45) is 11.3 Å². The van der Waals surface area contributed by atoms with Crippen molar-refractivity contribution in [3.63, 3.8) is 0 Å². The Hall–Kier alpha value is -0.830. The largest absolute Gasteiger partial charge is 0.316 e. The molecule has 3 nitrogen and oxygen atoms in total. The van der Waals surface area contributed by atoms with Crippen molar-refractivity contribution in [1.29, 1.82) is 0 Å². The van der Waals surface area contributed by atoms with Crippen LogP contribution in [0.1, 0.15) is 62.9 Å². The van der Waals surface area contributed by atoms with Gasteiger partial charge in [-0.2, -0.15) is 5.10 Å². The van der Waals surface area contributed by atoms with Crippen LogP contribution >= 0.6 is 0 Å². The van der Waals surface area contributed by atoms with Crippen LogP contribution in [0.4, 0.5) is 0 Å². The van der Waals surface area contributed by atoms with Gasteiger partial charge in [-0.1, -0.05) is 27.2 Å². The van der Waals surface area contributed by atoms with Crippen LogP contribution < -0.4 is 5.32 Å². The van der Waals surface area contributed by atoms with Crippen LogP contribution in [-0.4, -0.2) is 23.3 Å². The van der Waals surface area contributed by atoms with Gasteiger partial charge >= 0.3 is 0 Å². The van der Waals surface area contributed by atoms with E-state index in [-0.39, 0.29) is 0 Å². The molecule has 106 valence electrons. The Morgan fingerprint density at radius 1 is 1.32 bits per heavy atom. The van der Waals surface area contributed by atoms with E-state index in [9.17, 15) is 0 Å². The van der Waals surface area contributed by atoms with Crippen LogP contribution in [0.15, 0.2) is 0 Å². The van der Waals surface area contributed by atoms with Crippen molar-refractivity contribution in [3.8, 4) is 0 Å². The highest BCUT2D eigenvalue weighted by Crippen LogP contribution is 2.41. The van der Waals surface area contributed by atoms with Crippen molar-refractivity contribution < 1.29 is 0 Å². The van der Waals surface area contributed by atoms with E-state index in [0.717, 1.165) is 19.0 Å². The molecule has 1 saturated heterocycles. The summed E-state index contributed by atoms with van der Waals surface area (Å²) in [6.45, 7) is 9.45. The summed E-state index contributed by atoms with van der Waals surface area (Å²) in [7, 11) is 0. The molecule has 1 aromatic heterocycles. The van der Waals surface area contributed by atoms with Gasteiger partial charge in [0.1, 0.15) is 0 Å². The number of nitrogens with one attached hydrogen (secondary N) is 2. The third-order valence-corrected chi connectivity index (χ3v) is 5.64. The maximum Gasteiger partial charge on any atom is 0.0701 e. The molecule has 1 aliphatic heterocycles. The summed E-state index contributed by atoms with van der Waals surface area (Å²) < 4.78 is 0. The van der Waals surface area contributed by atoms with E-state index in [4.69, 9.17) is 0 Å². The Kier molecular flexibility index (Phi) is 3.42. The lowest BCUT2D eigenvalue weighted by molar-refractivity contribution is 0.182. The first-order valence-electron chi connectivity index (χ1n) is 7.88. The lowest BCUT2D eigenvalue weighted by Crippen LogP contribution is -2.29. The molecular formula is C16H27N3. The Morgan fingerprint density at radius 3 is 2.84 bits per heavy atom. The van der Waals surface area contributed by atoms with Gasteiger partial charge in [-0.3, -0.25) is 5.10 Å². The predicted octanol–water partition coefficient (Wildman–Crippen LogP) is 3.03. The van der Waals surface area contributed by atoms with E-state index in [1.807, 2.05) is 0 Å². The van der Waals surface area contributed by atoms with Gasteiger partial charge in [0, 0.05) is 18.2 Å². The zero-order valence-corrected chi connectivity index (χ0v) is 12.6. The minimum atomic E-state index is 0.458. The molecule has 0 bridgehead atoms. The van der Waals surface area contributed by atoms with Crippen molar-refractivity contribution in [1.82, 2.24) is 15.5 Å². The van der Waals surface area contributed by atoms with Gasteiger partial charge in [-0.25, -0.2) is 0 Å². The highest BCUT2D eigenvalue weighted by Gasteiger charge is 2.34. The molecule has 3 rings (SSSR count). The summed E-state index contributed by atoms with van der Waals surface area (Å²) in [6, 6.07) is 0. The van der Waals surface area contributed by atoms with Crippen LogP contribution in [0, 0.1) is 11.3 Å². The third kappa shape index (κ3) is 2.33. The molecule has 0 amide bonds. The molecule has 2 heterocycles. The van der Waals surface area contributed by atoms with Gasteiger partial charge in [0.05, 0.1) is 5.69 Å². The van der Waals surface area contributed by atoms with Gasteiger partial charge < -0.3 is 5.32 Å². The summed E-state index contributed by atoms with van der Waals surface area (Å²) in [4.78, 5) is 0. The summed E-state index contributed by atoms with van der Waals surface area (Å²) in [5.41, 5.74) is 4.81. The summed E-state index contributed by atoms with van der Waals surface area (Å²) in [5, 5.41) is 11.4. The van der Waals surface area contributed by atoms with E-state index in [1.165, 1.54) is 43.5 Å². The summed E-state index contributed by atoms with van der Waals surface area (Å²) >= 11 is 0. The summed E-state index contributed by atoms with van der Waals surface area (Å²) in [5.74, 6) is 1.46. The fourth-order valence-corrected chi connectivity index (χ4v) is 3.70. The fraction of sp³-hybridized carbons (Fsp3) is 0.812. The first kappa shape index (κ1) is 13.2. The Labute approximate surface area is 116 Å². The SMILES string of the molecule is CCC(C)(C)C1CCc2[nH]nc(C3CCNC3)c2C1. The van der Waals surface area contributed by atoms with Gasteiger partial charge in [0.25, 0.3) is 0 Å². The highest BCUT2D eigenvalue weighted by atomic mass is 15.1. The number of aryl methyl sites for hydroxylation is 1. The van der Waals surface area contributed by atoms with Crippen LogP contribution in [0.25, 0.3) is 0 Å². The van der Waals surface area contributed by atoms with Crippen molar-refractivity contribution >= 4 is 0 Å². The van der Waals surface area contributed by atoms with Gasteiger partial charge in [0.2, 0.25) is 0 Å². The van der Waals surface area contributed by atoms with E-state index in [1.54, 1.807) is 5.56 Å². The average Bonchev–Trinajstić information content (AvgIpc) is 3.06. The van der Waals surface area contributed by atoms with E-state index in [2.05, 4.69) is 36.3 Å². The minimum Gasteiger partial charge on any atom is -0.316 e. The zero-order valence-electron chi connectivity index (χ0n) is 12.6. The van der Waals surface area contributed by atoms with Crippen LogP contribution in [0.2, 0.25) is 0 Å². The van der Waals surface area contributed by atoms with Crippen molar-refractivity contribution in [3.05, 3.63) is 17.0 Å². The standard InChI is InChI=1S/C16H27N3/c1-4-16(2,3)12-5-6-14-13(9-12)15(19-18-14)11-7-8-17-10-11/h11-12,17H,4-10H2,1-3H3,(H,18,19). The molecule has 0 aromatic carbocycles. The number of rotatable bonds is 3. The predicted molar refractivity (Wildman–Crippen MR) is 78.4 cm³/mol. The van der Waals surface area contributed by atoms with E-state index >= 15 is 0 Å². The maximum absolute atomic E-state index is 4.66. The van der Waals surface area contributed by atoms with E-state index < -0.39 is 0 Å². The average molecular weight is 261 g/mol. The van der Waals surface area contributed by atoms with Crippen molar-refractivity contribution in [2.45, 2.75) is 58.8 Å². The van der Waals surface area contributed by atoms with Crippen LogP contribution in [0.5, 0.6) is 0 Å². The zero-order chi connectivity index (χ0) is 13.5. The number of H-pyrrole nitrogens is 1. The minimum absolute atomic E-state index is 0.458. The van der Waals surface area contributed by atoms with Gasteiger partial charge in [-0.05, 0) is 49.1 Å². The maximum atomic E-state index is 4.66. The van der Waals surface area contributed by atoms with Crippen molar-refractivity contribution in [2.75, 3.05) is 13.1 Å². The lowest BCUT2D eigenvalue weighted by atomic mass is 9.68. The molecule has 2 N–H and O–H groups in total. The number of aromatic amines is 1. The quantitative estimate of drug-likeness (QED) is 0.878. The van der Waals surface area contributed by atoms with Gasteiger partial charge in [-0.15, -0.1) is 0 Å². The molecule has 2 aliphatic rings. The smallest absolute Gasteiger partial charge is 0.0701 e. The first-order chi connectivity index (χ1) is 9.12. The molecule has 0 spiro atoms. The summed E-state index contributed by atoms with van der Waals surface area (Å²) in [6.07, 6.45) is 6.26. The molecule has 1 fully saturated rings. The molecule has 0 saturated carbocycles. The highest BCUT2D eigenvalue weighted by molar-refractivity contribution is 5.32. The molecule has 2 atom stereocenters. The third-order valence-electron chi connectivity index (χ3n) is 5.64. The van der Waals surface area contributed by atoms with E-state index in [0.29, 0.717) is 11.3 Å². The number of hydrogen-bond acceptors (Lipinski definition) is 2. The Morgan fingerprint density at radius 2 is 2.16 bits per heavy atom. The monoisotopic (exact) mass is 261 g/mol. The second kappa shape index (κ2) is 4.93. The first-order valence-corrected chi connectivity index (χ1v) is 7.88. The molecule has 2 unspecified atom stereocenters. The van der Waals surface area contributed by atoms with Crippen LogP contribution in [-0.2, 0) is 12.8 Å². The number of nitrogens with zero attached hydrogens (tertiary/aromatic N) is 1. The molecule has 19 heavy (non-hydrogen) atoms. The molecular weight excluding hydrogens is 234 g/mol. The normalized spacial score (nSPS) is 27.5. The Bertz CT molecular complexity index is 441. The fourth-order valence-electron chi connectivity index (χ4n) is 3.70. The molecule has 3 heteroatoms. The van der Waals surface area contributed by atoms with Crippen LogP contribution in [0.3, 0.4) is 0 Å². The molecule has 1 aromatic rings. The number of hydrogen-bond donors (Lipinski definition) is 2. The second-order valence-electron chi connectivity index (χ2n) is 7.04.